The predicted molar refractivity (Wildman–Crippen MR) is 103 cm³/mol. The number of nitrogens with zero attached hydrogens (tertiary/aromatic N) is 2. The van der Waals surface area contributed by atoms with Crippen molar-refractivity contribution in [1.82, 2.24) is 15.1 Å². The molecular formula is C20H15F2N3O6. The van der Waals surface area contributed by atoms with Gasteiger partial charge in [-0.3, -0.25) is 19.7 Å². The maximum absolute atomic E-state index is 12.4. The van der Waals surface area contributed by atoms with Gasteiger partial charge in [0.1, 0.15) is 5.75 Å². The fourth-order valence-electron chi connectivity index (χ4n) is 2.67. The minimum atomic E-state index is -3.01. The van der Waals surface area contributed by atoms with Crippen LogP contribution >= 0.6 is 0 Å². The number of benzene rings is 2. The number of carbonyl (C=O) groups is 3. The van der Waals surface area contributed by atoms with Gasteiger partial charge in [0.25, 0.3) is 17.4 Å². The second-order valence-corrected chi connectivity index (χ2v) is 6.18. The Morgan fingerprint density at radius 2 is 1.71 bits per heavy atom. The monoisotopic (exact) mass is 431 g/mol. The lowest BCUT2D eigenvalue weighted by Crippen LogP contribution is -2.34. The Hall–Kier alpha value is -4.15. The van der Waals surface area contributed by atoms with Crippen LogP contribution in [0.5, 0.6) is 5.75 Å². The molecule has 3 rings (SSSR count). The van der Waals surface area contributed by atoms with E-state index >= 15 is 0 Å². The van der Waals surface area contributed by atoms with Gasteiger partial charge in [0, 0.05) is 18.0 Å². The summed E-state index contributed by atoms with van der Waals surface area (Å²) in [7, 11) is 1.37. The number of ether oxygens (including phenoxy) is 2. The number of rotatable bonds is 6. The Morgan fingerprint density at radius 1 is 1.06 bits per heavy atom. The van der Waals surface area contributed by atoms with Gasteiger partial charge < -0.3 is 9.47 Å². The summed E-state index contributed by atoms with van der Waals surface area (Å²) in [6.45, 7) is -3.79. The molecule has 0 aliphatic rings. The molecule has 0 unspecified atom stereocenters. The number of hydrogen-bond donors (Lipinski definition) is 1. The molecule has 0 spiro atoms. The second-order valence-electron chi connectivity index (χ2n) is 6.18. The molecule has 0 bridgehead atoms. The summed E-state index contributed by atoms with van der Waals surface area (Å²) < 4.78 is 34.3. The third kappa shape index (κ3) is 5.07. The lowest BCUT2D eigenvalue weighted by Gasteiger charge is -2.09. The molecule has 11 heteroatoms. The zero-order chi connectivity index (χ0) is 22.5. The van der Waals surface area contributed by atoms with Gasteiger partial charge in [-0.05, 0) is 30.3 Å². The summed E-state index contributed by atoms with van der Waals surface area (Å²) in [5.74, 6) is -2.84. The average molecular weight is 431 g/mol. The van der Waals surface area contributed by atoms with Crippen molar-refractivity contribution in [3.63, 3.8) is 0 Å². The van der Waals surface area contributed by atoms with E-state index in [9.17, 15) is 28.0 Å². The van der Waals surface area contributed by atoms with E-state index < -0.39 is 36.6 Å². The Balaban J connectivity index is 1.63. The second kappa shape index (κ2) is 9.11. The number of nitrogens with one attached hydrogen (secondary N) is 1. The smallest absolute Gasteiger partial charge is 0.387 e. The van der Waals surface area contributed by atoms with Gasteiger partial charge in [-0.2, -0.15) is 13.9 Å². The molecule has 0 aliphatic heterocycles. The number of carbonyl (C=O) groups excluding carboxylic acids is 3. The molecule has 0 saturated carbocycles. The average Bonchev–Trinajstić information content (AvgIpc) is 2.74. The highest BCUT2D eigenvalue weighted by Gasteiger charge is 2.19. The van der Waals surface area contributed by atoms with Gasteiger partial charge in [0.05, 0.1) is 5.39 Å². The molecule has 9 nitrogen and oxygen atoms in total. The normalized spacial score (nSPS) is 10.7. The maximum Gasteiger partial charge on any atom is 0.387 e. The first-order valence-electron chi connectivity index (χ1n) is 8.78. The molecule has 1 N–H and O–H groups in total. The highest BCUT2D eigenvalue weighted by molar-refractivity contribution is 6.06. The minimum absolute atomic E-state index is 0.00649. The Labute approximate surface area is 173 Å². The fourth-order valence-corrected chi connectivity index (χ4v) is 2.67. The zero-order valence-corrected chi connectivity index (χ0v) is 16.0. The molecular weight excluding hydrogens is 416 g/mol. The van der Waals surface area contributed by atoms with Crippen LogP contribution in [0.1, 0.15) is 20.8 Å². The van der Waals surface area contributed by atoms with Crippen molar-refractivity contribution in [3.05, 3.63) is 70.1 Å². The molecule has 2 aromatic carbocycles. The van der Waals surface area contributed by atoms with Gasteiger partial charge in [-0.25, -0.2) is 9.48 Å². The summed E-state index contributed by atoms with van der Waals surface area (Å²) in [4.78, 5) is 48.5. The van der Waals surface area contributed by atoms with Gasteiger partial charge in [0.2, 0.25) is 0 Å². The predicted octanol–water partition coefficient (Wildman–Crippen LogP) is 1.65. The van der Waals surface area contributed by atoms with Gasteiger partial charge >= 0.3 is 12.6 Å². The van der Waals surface area contributed by atoms with Gasteiger partial charge in [-0.15, -0.1) is 0 Å². The summed E-state index contributed by atoms with van der Waals surface area (Å²) in [5, 5.41) is 6.40. The van der Waals surface area contributed by atoms with E-state index in [0.29, 0.717) is 0 Å². The number of fused-ring (bicyclic) bond motifs is 1. The van der Waals surface area contributed by atoms with Gasteiger partial charge in [0.15, 0.2) is 12.3 Å². The SMILES string of the molecule is Cn1nc(C(=O)OCC(=O)NC(=O)c2ccc(OC(F)F)cc2)c2ccccc2c1=O. The molecule has 0 fully saturated rings. The van der Waals surface area contributed by atoms with Crippen LogP contribution in [-0.2, 0) is 16.6 Å². The molecule has 1 heterocycles. The summed E-state index contributed by atoms with van der Waals surface area (Å²) in [5.41, 5.74) is -0.557. The summed E-state index contributed by atoms with van der Waals surface area (Å²) in [6.07, 6.45) is 0. The van der Waals surface area contributed by atoms with E-state index in [1.54, 1.807) is 12.1 Å². The van der Waals surface area contributed by atoms with Crippen LogP contribution in [0.2, 0.25) is 0 Å². The van der Waals surface area contributed by atoms with Crippen molar-refractivity contribution < 1.29 is 32.6 Å². The lowest BCUT2D eigenvalue weighted by atomic mass is 10.1. The van der Waals surface area contributed by atoms with E-state index in [4.69, 9.17) is 4.74 Å². The summed E-state index contributed by atoms with van der Waals surface area (Å²) in [6, 6.07) is 10.9. The topological polar surface area (TPSA) is 117 Å². The van der Waals surface area contributed by atoms with Crippen molar-refractivity contribution in [1.29, 1.82) is 0 Å². The van der Waals surface area contributed by atoms with Crippen molar-refractivity contribution in [3.8, 4) is 5.75 Å². The molecule has 0 atom stereocenters. The van der Waals surface area contributed by atoms with Crippen molar-refractivity contribution in [2.45, 2.75) is 6.61 Å². The number of alkyl halides is 2. The number of imide groups is 1. The van der Waals surface area contributed by atoms with E-state index in [-0.39, 0.29) is 27.8 Å². The third-order valence-electron chi connectivity index (χ3n) is 4.08. The standard InChI is InChI=1S/C20H15F2N3O6/c1-25-18(28)14-5-3-2-4-13(14)16(24-25)19(29)30-10-15(26)23-17(27)11-6-8-12(9-7-11)31-20(21)22/h2-9,20H,10H2,1H3,(H,23,26,27). The number of halogens is 2. The molecule has 31 heavy (non-hydrogen) atoms. The van der Waals surface area contributed by atoms with Crippen LogP contribution in [0, 0.1) is 0 Å². The van der Waals surface area contributed by atoms with Crippen LogP contribution in [0.25, 0.3) is 10.8 Å². The Bertz CT molecular complexity index is 1210. The molecule has 160 valence electrons. The van der Waals surface area contributed by atoms with Crippen LogP contribution in [-0.4, -0.2) is 40.8 Å². The van der Waals surface area contributed by atoms with Crippen LogP contribution in [0.4, 0.5) is 8.78 Å². The Morgan fingerprint density at radius 3 is 2.35 bits per heavy atom. The zero-order valence-electron chi connectivity index (χ0n) is 16.0. The van der Waals surface area contributed by atoms with E-state index in [2.05, 4.69) is 9.84 Å². The molecule has 0 saturated heterocycles. The van der Waals surface area contributed by atoms with Gasteiger partial charge in [-0.1, -0.05) is 18.2 Å². The van der Waals surface area contributed by atoms with Crippen LogP contribution in [0.3, 0.4) is 0 Å². The summed E-state index contributed by atoms with van der Waals surface area (Å²) >= 11 is 0. The van der Waals surface area contributed by atoms with E-state index in [1.165, 1.54) is 31.3 Å². The van der Waals surface area contributed by atoms with Crippen LogP contribution in [0.15, 0.2) is 53.3 Å². The first kappa shape index (κ1) is 21.6. The maximum atomic E-state index is 12.4. The first-order valence-corrected chi connectivity index (χ1v) is 8.78. The number of hydrogen-bond acceptors (Lipinski definition) is 7. The van der Waals surface area contributed by atoms with Crippen molar-refractivity contribution >= 4 is 28.6 Å². The quantitative estimate of drug-likeness (QED) is 0.590. The number of amides is 2. The number of aromatic nitrogens is 2. The fraction of sp³-hybridized carbons (Fsp3) is 0.150. The molecule has 0 radical (unpaired) electrons. The molecule has 3 aromatic rings. The Kier molecular flexibility index (Phi) is 6.34. The van der Waals surface area contributed by atoms with Crippen molar-refractivity contribution in [2.24, 2.45) is 7.05 Å². The number of aryl methyl sites for hydroxylation is 1. The molecule has 0 aliphatic carbocycles. The van der Waals surface area contributed by atoms with E-state index in [0.717, 1.165) is 16.8 Å². The minimum Gasteiger partial charge on any atom is -0.451 e. The van der Waals surface area contributed by atoms with E-state index in [1.807, 2.05) is 5.32 Å². The lowest BCUT2D eigenvalue weighted by molar-refractivity contribution is -0.123. The first-order chi connectivity index (χ1) is 14.8. The van der Waals surface area contributed by atoms with Crippen molar-refractivity contribution in [2.75, 3.05) is 6.61 Å². The third-order valence-corrected chi connectivity index (χ3v) is 4.08. The molecule has 2 amide bonds. The highest BCUT2D eigenvalue weighted by atomic mass is 19.3. The molecule has 1 aromatic heterocycles. The van der Waals surface area contributed by atoms with Crippen LogP contribution < -0.4 is 15.6 Å². The highest BCUT2D eigenvalue weighted by Crippen LogP contribution is 2.15. The number of esters is 1. The largest absolute Gasteiger partial charge is 0.451 e.